The number of nitrogens with zero attached hydrogens (tertiary/aromatic N) is 2. The molecule has 0 spiro atoms. The van der Waals surface area contributed by atoms with Crippen molar-refractivity contribution in [3.05, 3.63) is 83.3 Å². The van der Waals surface area contributed by atoms with Crippen molar-refractivity contribution in [2.75, 3.05) is 5.23 Å². The van der Waals surface area contributed by atoms with Gasteiger partial charge in [-0.3, -0.25) is 25.1 Å². The second kappa shape index (κ2) is 11.2. The van der Waals surface area contributed by atoms with Crippen molar-refractivity contribution in [2.45, 2.75) is 35.2 Å². The molecule has 196 valence electrons. The second-order valence-electron chi connectivity index (χ2n) is 8.28. The summed E-state index contributed by atoms with van der Waals surface area (Å²) in [4.78, 5) is 28.7. The number of aromatic nitrogens is 1. The van der Waals surface area contributed by atoms with Crippen LogP contribution < -0.4 is 15.3 Å². The molecular formula is C26H22N3O7S2-. The summed E-state index contributed by atoms with van der Waals surface area (Å²) < 4.78 is 30.9. The van der Waals surface area contributed by atoms with Crippen molar-refractivity contribution in [1.82, 2.24) is 10.3 Å². The monoisotopic (exact) mass is 552 g/mol. The lowest BCUT2D eigenvalue weighted by atomic mass is 10.1. The van der Waals surface area contributed by atoms with Gasteiger partial charge in [0.05, 0.1) is 10.6 Å². The third kappa shape index (κ3) is 5.66. The number of carbonyl (C=O) groups is 2. The van der Waals surface area contributed by atoms with Crippen LogP contribution in [0, 0.1) is 24.0 Å². The van der Waals surface area contributed by atoms with E-state index < -0.39 is 25.1 Å². The summed E-state index contributed by atoms with van der Waals surface area (Å²) in [5, 5.41) is 21.1. The van der Waals surface area contributed by atoms with Crippen molar-refractivity contribution < 1.29 is 28.0 Å². The quantitative estimate of drug-likeness (QED) is 0.231. The van der Waals surface area contributed by atoms with Crippen molar-refractivity contribution in [1.29, 1.82) is 0 Å². The molecule has 0 aliphatic carbocycles. The van der Waals surface area contributed by atoms with E-state index in [0.29, 0.717) is 34.4 Å². The third-order valence-electron chi connectivity index (χ3n) is 5.73. The maximum atomic E-state index is 13.6. The van der Waals surface area contributed by atoms with E-state index in [2.05, 4.69) is 22.1 Å². The summed E-state index contributed by atoms with van der Waals surface area (Å²) in [5.74, 6) is 5.91. The number of anilines is 1. The Morgan fingerprint density at radius 3 is 2.39 bits per heavy atom. The van der Waals surface area contributed by atoms with Crippen molar-refractivity contribution in [2.24, 2.45) is 0 Å². The highest BCUT2D eigenvalue weighted by Crippen LogP contribution is 2.44. The fourth-order valence-electron chi connectivity index (χ4n) is 3.78. The smallest absolute Gasteiger partial charge is 0.287 e. The zero-order valence-electron chi connectivity index (χ0n) is 20.1. The molecule has 38 heavy (non-hydrogen) atoms. The normalized spacial score (nSPS) is 16.9. The van der Waals surface area contributed by atoms with Gasteiger partial charge in [0.15, 0.2) is 0 Å². The van der Waals surface area contributed by atoms with Crippen LogP contribution in [0.25, 0.3) is 0 Å². The Kier molecular flexibility index (Phi) is 8.03. The number of pyridine rings is 1. The van der Waals surface area contributed by atoms with Gasteiger partial charge in [0, 0.05) is 24.4 Å². The number of carbonyl (C=O) groups excluding carboxylic acids is 2. The van der Waals surface area contributed by atoms with Crippen LogP contribution in [0.1, 0.15) is 30.4 Å². The van der Waals surface area contributed by atoms with Crippen LogP contribution >= 0.6 is 11.8 Å². The number of benzene rings is 2. The van der Waals surface area contributed by atoms with Gasteiger partial charge in [-0.15, -0.1) is 0 Å². The van der Waals surface area contributed by atoms with Gasteiger partial charge in [0.2, 0.25) is 13.9 Å². The predicted octanol–water partition coefficient (Wildman–Crippen LogP) is 4.55. The number of imide groups is 1. The van der Waals surface area contributed by atoms with Crippen molar-refractivity contribution >= 4 is 38.4 Å². The first-order chi connectivity index (χ1) is 18.1. The molecule has 2 aromatic carbocycles. The molecule has 1 unspecified atom stereocenters. The van der Waals surface area contributed by atoms with E-state index in [4.69, 9.17) is 9.94 Å². The highest BCUT2D eigenvalue weighted by Gasteiger charge is 2.57. The average Bonchev–Trinajstić information content (AvgIpc) is 3.19. The van der Waals surface area contributed by atoms with E-state index in [-0.39, 0.29) is 35.1 Å². The molecule has 1 saturated heterocycles. The minimum atomic E-state index is -4.27. The van der Waals surface area contributed by atoms with Gasteiger partial charge in [-0.05, 0) is 91.7 Å². The summed E-state index contributed by atoms with van der Waals surface area (Å²) in [7, 11) is -4.27. The Bertz CT molecular complexity index is 1520. The first kappa shape index (κ1) is 27.2. The number of ether oxygens (including phenoxy) is 1. The number of unbranched alkanes of at least 4 members (excludes halogenated alkanes) is 1. The minimum Gasteiger partial charge on any atom is -0.733 e. The zero-order valence-corrected chi connectivity index (χ0v) is 21.7. The Hall–Kier alpha value is -3.89. The summed E-state index contributed by atoms with van der Waals surface area (Å²) in [5.41, 5.74) is 1.39. The van der Waals surface area contributed by atoms with E-state index in [1.54, 1.807) is 37.5 Å². The number of hydrogen-bond donors (Lipinski definition) is 2. The fraction of sp³-hybridized carbons (Fsp3) is 0.192. The second-order valence-corrected chi connectivity index (χ2v) is 12.0. The minimum absolute atomic E-state index is 0.0751. The van der Waals surface area contributed by atoms with Crippen molar-refractivity contribution in [3.8, 4) is 23.3 Å². The highest BCUT2D eigenvalue weighted by molar-refractivity contribution is 8.25. The van der Waals surface area contributed by atoms with Gasteiger partial charge in [-0.25, -0.2) is 8.42 Å². The SMILES string of the molecule is Cc1cc(N([O-])O)ccc1C#CCCCC1(S(=O)(=O)c2ccc(Oc3ccncc3)cc2)SC(=O)NC1=O. The molecule has 10 nitrogen and oxygen atoms in total. The molecule has 0 bridgehead atoms. The number of sulfone groups is 1. The molecule has 12 heteroatoms. The molecule has 0 saturated carbocycles. The lowest BCUT2D eigenvalue weighted by Gasteiger charge is -2.24. The van der Waals surface area contributed by atoms with Gasteiger partial charge in [0.25, 0.3) is 11.1 Å². The molecule has 1 aliphatic heterocycles. The lowest BCUT2D eigenvalue weighted by molar-refractivity contribution is -0.120. The van der Waals surface area contributed by atoms with E-state index in [0.717, 1.165) is 0 Å². The maximum Gasteiger partial charge on any atom is 0.287 e. The van der Waals surface area contributed by atoms with Crippen LogP contribution in [0.2, 0.25) is 0 Å². The first-order valence-electron chi connectivity index (χ1n) is 11.3. The summed E-state index contributed by atoms with van der Waals surface area (Å²) in [6.07, 6.45) is 3.47. The number of thioether (sulfide) groups is 1. The van der Waals surface area contributed by atoms with Crippen LogP contribution in [0.5, 0.6) is 11.5 Å². The van der Waals surface area contributed by atoms with Crippen LogP contribution in [0.4, 0.5) is 10.5 Å². The molecule has 1 fully saturated rings. The van der Waals surface area contributed by atoms with E-state index >= 15 is 0 Å². The topological polar surface area (TPSA) is 149 Å². The molecule has 1 atom stereocenters. The fourth-order valence-corrected chi connectivity index (χ4v) is 7.15. The number of amides is 2. The van der Waals surface area contributed by atoms with Gasteiger partial charge >= 0.3 is 0 Å². The van der Waals surface area contributed by atoms with Crippen LogP contribution in [0.15, 0.2) is 71.9 Å². The van der Waals surface area contributed by atoms with Crippen LogP contribution in [-0.4, -0.2) is 33.8 Å². The number of nitrogens with one attached hydrogen (secondary N) is 1. The lowest BCUT2D eigenvalue weighted by Crippen LogP contribution is -2.43. The average molecular weight is 553 g/mol. The Balaban J connectivity index is 1.50. The molecule has 1 aliphatic rings. The van der Waals surface area contributed by atoms with Gasteiger partial charge in [0.1, 0.15) is 11.5 Å². The molecule has 2 heterocycles. The summed E-state index contributed by atoms with van der Waals surface area (Å²) in [6, 6.07) is 13.4. The van der Waals surface area contributed by atoms with Gasteiger partial charge in [-0.1, -0.05) is 11.8 Å². The Morgan fingerprint density at radius 2 is 1.79 bits per heavy atom. The third-order valence-corrected chi connectivity index (χ3v) is 9.80. The number of hydrogen-bond acceptors (Lipinski definition) is 10. The van der Waals surface area contributed by atoms with Crippen molar-refractivity contribution in [3.63, 3.8) is 0 Å². The first-order valence-corrected chi connectivity index (χ1v) is 13.6. The summed E-state index contributed by atoms with van der Waals surface area (Å²) >= 11 is 0.459. The maximum absolute atomic E-state index is 13.6. The van der Waals surface area contributed by atoms with Gasteiger partial charge in [-0.2, -0.15) is 0 Å². The predicted molar refractivity (Wildman–Crippen MR) is 141 cm³/mol. The molecule has 2 amide bonds. The number of aryl methyl sites for hydroxylation is 1. The molecular weight excluding hydrogens is 530 g/mol. The van der Waals surface area contributed by atoms with E-state index in [1.807, 2.05) is 0 Å². The number of rotatable bonds is 8. The Labute approximate surface area is 223 Å². The van der Waals surface area contributed by atoms with E-state index in [1.165, 1.54) is 36.4 Å². The van der Waals surface area contributed by atoms with Crippen LogP contribution in [0.3, 0.4) is 0 Å². The summed E-state index contributed by atoms with van der Waals surface area (Å²) in [6.45, 7) is 1.73. The zero-order chi connectivity index (χ0) is 27.3. The standard InChI is InChI=1S/C26H22N3O7S2/c1-18-17-20(29(32)33)7-6-19(18)5-3-2-4-14-26(24(30)28-25(31)37-26)38(34,35)23-10-8-21(9-11-23)36-22-12-15-27-16-13-22/h6-13,15-17,32H,2,4,14H2,1H3,(H,28,30,31)/q-1. The van der Waals surface area contributed by atoms with E-state index in [9.17, 15) is 23.2 Å². The van der Waals surface area contributed by atoms with Gasteiger partial charge < -0.3 is 15.2 Å². The molecule has 4 rings (SSSR count). The highest BCUT2D eigenvalue weighted by atomic mass is 32.3. The molecule has 0 radical (unpaired) electrons. The molecule has 1 aromatic heterocycles. The van der Waals surface area contributed by atoms with Crippen LogP contribution in [-0.2, 0) is 14.6 Å². The molecule has 2 N–H and O–H groups in total. The Morgan fingerprint density at radius 1 is 1.11 bits per heavy atom. The largest absolute Gasteiger partial charge is 0.733 e. The molecule has 3 aromatic rings.